The SMILES string of the molecule is CC(C)(C)CCOC(C)(C)C(=O)O. The largest absolute Gasteiger partial charge is 0.479 e. The molecule has 1 N–H and O–H groups in total. The van der Waals surface area contributed by atoms with E-state index in [1.807, 2.05) is 0 Å². The number of hydrogen-bond acceptors (Lipinski definition) is 2. The molecule has 0 aromatic rings. The third kappa shape index (κ3) is 5.64. The van der Waals surface area contributed by atoms with Crippen LogP contribution in [0.25, 0.3) is 0 Å². The molecule has 0 atom stereocenters. The van der Waals surface area contributed by atoms with Crippen LogP contribution in [0.15, 0.2) is 0 Å². The highest BCUT2D eigenvalue weighted by atomic mass is 16.5. The molecule has 0 amide bonds. The van der Waals surface area contributed by atoms with Crippen LogP contribution in [0, 0.1) is 5.41 Å². The molecule has 0 aliphatic heterocycles. The molecule has 0 aromatic carbocycles. The van der Waals surface area contributed by atoms with Crippen molar-refractivity contribution in [1.82, 2.24) is 0 Å². The highest BCUT2D eigenvalue weighted by molar-refractivity contribution is 5.76. The van der Waals surface area contributed by atoms with Crippen molar-refractivity contribution in [3.8, 4) is 0 Å². The molecular weight excluding hydrogens is 168 g/mol. The van der Waals surface area contributed by atoms with Crippen molar-refractivity contribution in [2.75, 3.05) is 6.61 Å². The molecule has 0 aromatic heterocycles. The third-order valence-electron chi connectivity index (χ3n) is 1.83. The van der Waals surface area contributed by atoms with Crippen LogP contribution in [-0.2, 0) is 9.53 Å². The van der Waals surface area contributed by atoms with Crippen molar-refractivity contribution in [1.29, 1.82) is 0 Å². The summed E-state index contributed by atoms with van der Waals surface area (Å²) in [6, 6.07) is 0. The van der Waals surface area contributed by atoms with Crippen LogP contribution < -0.4 is 0 Å². The Kier molecular flexibility index (Phi) is 3.91. The van der Waals surface area contributed by atoms with E-state index in [1.54, 1.807) is 13.8 Å². The van der Waals surface area contributed by atoms with Crippen LogP contribution >= 0.6 is 0 Å². The number of carbonyl (C=O) groups is 1. The average molecular weight is 188 g/mol. The molecule has 0 aliphatic carbocycles. The van der Waals surface area contributed by atoms with Gasteiger partial charge in [0.05, 0.1) is 0 Å². The summed E-state index contributed by atoms with van der Waals surface area (Å²) in [4.78, 5) is 10.7. The van der Waals surface area contributed by atoms with Crippen LogP contribution in [0.3, 0.4) is 0 Å². The van der Waals surface area contributed by atoms with Gasteiger partial charge in [-0.15, -0.1) is 0 Å². The minimum Gasteiger partial charge on any atom is -0.479 e. The van der Waals surface area contributed by atoms with Gasteiger partial charge < -0.3 is 9.84 Å². The van der Waals surface area contributed by atoms with E-state index < -0.39 is 11.6 Å². The van der Waals surface area contributed by atoms with Crippen molar-refractivity contribution in [3.63, 3.8) is 0 Å². The molecule has 0 unspecified atom stereocenters. The summed E-state index contributed by atoms with van der Waals surface area (Å²) in [6.07, 6.45) is 0.865. The Morgan fingerprint density at radius 3 is 2.00 bits per heavy atom. The molecule has 78 valence electrons. The van der Waals surface area contributed by atoms with Gasteiger partial charge in [-0.25, -0.2) is 4.79 Å². The minimum atomic E-state index is -1.06. The standard InChI is InChI=1S/C10H20O3/c1-9(2,3)6-7-13-10(4,5)8(11)12/h6-7H2,1-5H3,(H,11,12). The fourth-order valence-corrected chi connectivity index (χ4v) is 0.674. The topological polar surface area (TPSA) is 46.5 Å². The Morgan fingerprint density at radius 1 is 1.23 bits per heavy atom. The maximum absolute atomic E-state index is 10.7. The maximum Gasteiger partial charge on any atom is 0.335 e. The number of carboxylic acid groups (broad SMARTS) is 1. The summed E-state index contributed by atoms with van der Waals surface area (Å²) in [5.41, 5.74) is -0.875. The van der Waals surface area contributed by atoms with Crippen LogP contribution in [0.2, 0.25) is 0 Å². The van der Waals surface area contributed by atoms with Gasteiger partial charge in [0, 0.05) is 6.61 Å². The number of carboxylic acids is 1. The molecule has 0 heterocycles. The van der Waals surface area contributed by atoms with Crippen molar-refractivity contribution < 1.29 is 14.6 Å². The fourth-order valence-electron chi connectivity index (χ4n) is 0.674. The Labute approximate surface area is 80.1 Å². The predicted octanol–water partition coefficient (Wildman–Crippen LogP) is 2.30. The van der Waals surface area contributed by atoms with E-state index in [0.717, 1.165) is 6.42 Å². The van der Waals surface area contributed by atoms with Crippen LogP contribution in [0.5, 0.6) is 0 Å². The van der Waals surface area contributed by atoms with E-state index in [1.165, 1.54) is 0 Å². The molecule has 0 saturated heterocycles. The second-order valence-electron chi connectivity index (χ2n) is 4.97. The molecule has 0 saturated carbocycles. The third-order valence-corrected chi connectivity index (χ3v) is 1.83. The summed E-state index contributed by atoms with van der Waals surface area (Å²) in [5.74, 6) is -0.915. The zero-order valence-electron chi connectivity index (χ0n) is 9.18. The van der Waals surface area contributed by atoms with E-state index >= 15 is 0 Å². The number of ether oxygens (including phenoxy) is 1. The van der Waals surface area contributed by atoms with Crippen LogP contribution in [0.4, 0.5) is 0 Å². The maximum atomic E-state index is 10.7. The first-order valence-electron chi connectivity index (χ1n) is 4.52. The highest BCUT2D eigenvalue weighted by Gasteiger charge is 2.28. The number of aliphatic carboxylic acids is 1. The number of hydrogen-bond donors (Lipinski definition) is 1. The second kappa shape index (κ2) is 4.09. The van der Waals surface area contributed by atoms with Crippen molar-refractivity contribution in [3.05, 3.63) is 0 Å². The van der Waals surface area contributed by atoms with E-state index in [-0.39, 0.29) is 5.41 Å². The first-order chi connectivity index (χ1) is 5.65. The lowest BCUT2D eigenvalue weighted by Crippen LogP contribution is -2.35. The molecule has 0 bridgehead atoms. The lowest BCUT2D eigenvalue weighted by atomic mass is 9.93. The Morgan fingerprint density at radius 2 is 1.69 bits per heavy atom. The number of rotatable bonds is 4. The van der Waals surface area contributed by atoms with E-state index in [9.17, 15) is 4.79 Å². The average Bonchev–Trinajstić information content (AvgIpc) is 1.82. The Hall–Kier alpha value is -0.570. The molecule has 0 aliphatic rings. The first-order valence-corrected chi connectivity index (χ1v) is 4.52. The van der Waals surface area contributed by atoms with Gasteiger partial charge in [-0.1, -0.05) is 20.8 Å². The quantitative estimate of drug-likeness (QED) is 0.736. The van der Waals surface area contributed by atoms with Gasteiger partial charge in [-0.3, -0.25) is 0 Å². The Bertz CT molecular complexity index is 177. The van der Waals surface area contributed by atoms with Crippen molar-refractivity contribution in [2.45, 2.75) is 46.6 Å². The summed E-state index contributed by atoms with van der Waals surface area (Å²) in [5, 5.41) is 8.75. The summed E-state index contributed by atoms with van der Waals surface area (Å²) in [7, 11) is 0. The van der Waals surface area contributed by atoms with Gasteiger partial charge in [-0.05, 0) is 25.7 Å². The summed E-state index contributed by atoms with van der Waals surface area (Å²) >= 11 is 0. The second-order valence-corrected chi connectivity index (χ2v) is 4.97. The highest BCUT2D eigenvalue weighted by Crippen LogP contribution is 2.20. The molecule has 13 heavy (non-hydrogen) atoms. The van der Waals surface area contributed by atoms with Gasteiger partial charge in [0.15, 0.2) is 5.60 Å². The smallest absolute Gasteiger partial charge is 0.335 e. The molecular formula is C10H20O3. The monoisotopic (exact) mass is 188 g/mol. The van der Waals surface area contributed by atoms with Gasteiger partial charge in [0.25, 0.3) is 0 Å². The normalized spacial score (nSPS) is 13.0. The molecule has 0 rings (SSSR count). The van der Waals surface area contributed by atoms with E-state index in [0.29, 0.717) is 6.61 Å². The van der Waals surface area contributed by atoms with E-state index in [4.69, 9.17) is 9.84 Å². The van der Waals surface area contributed by atoms with Crippen molar-refractivity contribution >= 4 is 5.97 Å². The molecule has 0 radical (unpaired) electrons. The van der Waals surface area contributed by atoms with Crippen LogP contribution in [0.1, 0.15) is 41.0 Å². The zero-order valence-corrected chi connectivity index (χ0v) is 9.18. The van der Waals surface area contributed by atoms with Gasteiger partial charge in [0.2, 0.25) is 0 Å². The molecule has 0 spiro atoms. The fraction of sp³-hybridized carbons (Fsp3) is 0.900. The lowest BCUT2D eigenvalue weighted by Gasteiger charge is -2.23. The predicted molar refractivity (Wildman–Crippen MR) is 51.7 cm³/mol. The van der Waals surface area contributed by atoms with E-state index in [2.05, 4.69) is 20.8 Å². The summed E-state index contributed by atoms with van der Waals surface area (Å²) in [6.45, 7) is 9.93. The van der Waals surface area contributed by atoms with Gasteiger partial charge in [0.1, 0.15) is 0 Å². The van der Waals surface area contributed by atoms with Gasteiger partial charge in [-0.2, -0.15) is 0 Å². The molecule has 0 fully saturated rings. The minimum absolute atomic E-state index is 0.189. The zero-order chi connectivity index (χ0) is 10.7. The van der Waals surface area contributed by atoms with Crippen molar-refractivity contribution in [2.24, 2.45) is 5.41 Å². The first kappa shape index (κ1) is 12.4. The van der Waals surface area contributed by atoms with Gasteiger partial charge >= 0.3 is 5.97 Å². The lowest BCUT2D eigenvalue weighted by molar-refractivity contribution is -0.161. The molecule has 3 nitrogen and oxygen atoms in total. The molecule has 3 heteroatoms. The Balaban J connectivity index is 3.84. The van der Waals surface area contributed by atoms with Crippen LogP contribution in [-0.4, -0.2) is 23.3 Å². The summed E-state index contributed by atoms with van der Waals surface area (Å²) < 4.78 is 5.27.